The number of nitrogens with zero attached hydrogens (tertiary/aromatic N) is 2. The molecule has 1 atom stereocenters. The first-order valence-electron chi connectivity index (χ1n) is 8.34. The molecule has 1 heterocycles. The maximum absolute atomic E-state index is 10.1. The molecule has 1 aromatic carbocycles. The van der Waals surface area contributed by atoms with Gasteiger partial charge in [-0.25, -0.2) is 9.97 Å². The van der Waals surface area contributed by atoms with Crippen LogP contribution in [0, 0.1) is 0 Å². The zero-order valence-electron chi connectivity index (χ0n) is 13.6. The van der Waals surface area contributed by atoms with Crippen LogP contribution in [0.1, 0.15) is 63.2 Å². The van der Waals surface area contributed by atoms with Gasteiger partial charge in [-0.2, -0.15) is 0 Å². The van der Waals surface area contributed by atoms with E-state index in [1.165, 1.54) is 31.2 Å². The molecule has 0 aliphatic heterocycles. The van der Waals surface area contributed by atoms with Gasteiger partial charge >= 0.3 is 0 Å². The van der Waals surface area contributed by atoms with Crippen LogP contribution in [-0.4, -0.2) is 15.1 Å². The number of hydrogen-bond donors (Lipinski definition) is 1. The Hall–Kier alpha value is -1.74. The molecule has 0 bridgehead atoms. The summed E-state index contributed by atoms with van der Waals surface area (Å²) in [6, 6.07) is 7.83. The van der Waals surface area contributed by atoms with Gasteiger partial charge in [0, 0.05) is 18.0 Å². The third kappa shape index (κ3) is 4.38. The highest BCUT2D eigenvalue weighted by molar-refractivity contribution is 5.60. The number of rotatable bonds is 8. The molecule has 3 heteroatoms. The molecule has 22 heavy (non-hydrogen) atoms. The molecule has 2 aromatic rings. The highest BCUT2D eigenvalue weighted by Gasteiger charge is 2.13. The molecule has 0 saturated heterocycles. The van der Waals surface area contributed by atoms with Crippen molar-refractivity contribution in [3.63, 3.8) is 0 Å². The molecule has 0 saturated carbocycles. The topological polar surface area (TPSA) is 46.0 Å². The number of aliphatic hydroxyl groups excluding tert-OH is 1. The molecule has 1 aromatic heterocycles. The van der Waals surface area contributed by atoms with Crippen LogP contribution in [0.2, 0.25) is 0 Å². The average Bonchev–Trinajstić information content (AvgIpc) is 2.58. The van der Waals surface area contributed by atoms with Gasteiger partial charge in [-0.1, -0.05) is 57.4 Å². The van der Waals surface area contributed by atoms with E-state index in [1.54, 1.807) is 0 Å². The fourth-order valence-corrected chi connectivity index (χ4v) is 2.59. The maximum atomic E-state index is 10.1. The lowest BCUT2D eigenvalue weighted by Crippen LogP contribution is -2.01. The largest absolute Gasteiger partial charge is 0.388 e. The van der Waals surface area contributed by atoms with E-state index in [4.69, 9.17) is 0 Å². The minimum absolute atomic E-state index is 0.464. The van der Waals surface area contributed by atoms with E-state index in [0.717, 1.165) is 17.5 Å². The van der Waals surface area contributed by atoms with Crippen molar-refractivity contribution in [2.75, 3.05) is 0 Å². The summed E-state index contributed by atoms with van der Waals surface area (Å²) in [5.41, 5.74) is 3.02. The molecule has 0 amide bonds. The van der Waals surface area contributed by atoms with Crippen LogP contribution in [0.25, 0.3) is 11.4 Å². The highest BCUT2D eigenvalue weighted by Crippen LogP contribution is 2.27. The van der Waals surface area contributed by atoms with Gasteiger partial charge in [0.05, 0.1) is 6.10 Å². The van der Waals surface area contributed by atoms with Crippen LogP contribution in [-0.2, 0) is 6.42 Å². The first-order valence-corrected chi connectivity index (χ1v) is 8.34. The van der Waals surface area contributed by atoms with E-state index in [1.807, 2.05) is 43.6 Å². The van der Waals surface area contributed by atoms with Gasteiger partial charge in [-0.3, -0.25) is 0 Å². The van der Waals surface area contributed by atoms with Crippen LogP contribution in [0.5, 0.6) is 0 Å². The smallest absolute Gasteiger partial charge is 0.159 e. The van der Waals surface area contributed by atoms with Crippen molar-refractivity contribution >= 4 is 0 Å². The van der Waals surface area contributed by atoms with Crippen molar-refractivity contribution in [1.29, 1.82) is 0 Å². The predicted octanol–water partition coefficient (Wildman–Crippen LogP) is 4.71. The molecule has 0 spiro atoms. The standard InChI is InChI=1S/C19H26N2O/c1-3-5-6-7-10-15-13-20-19(21-14-15)17-12-9-8-11-16(17)18(22)4-2/h8-9,11-14,18,22H,3-7,10H2,1-2H3. The third-order valence-electron chi connectivity index (χ3n) is 3.97. The highest BCUT2D eigenvalue weighted by atomic mass is 16.3. The Balaban J connectivity index is 2.10. The van der Waals surface area contributed by atoms with Gasteiger partial charge in [0.2, 0.25) is 0 Å². The second-order valence-electron chi connectivity index (χ2n) is 5.74. The molecule has 2 rings (SSSR count). The lowest BCUT2D eigenvalue weighted by molar-refractivity contribution is 0.174. The number of aromatic nitrogens is 2. The minimum Gasteiger partial charge on any atom is -0.388 e. The zero-order chi connectivity index (χ0) is 15.8. The van der Waals surface area contributed by atoms with Gasteiger partial charge in [0.1, 0.15) is 0 Å². The summed E-state index contributed by atoms with van der Waals surface area (Å²) in [6.07, 6.45) is 10.1. The molecular weight excluding hydrogens is 272 g/mol. The summed E-state index contributed by atoms with van der Waals surface area (Å²) in [5.74, 6) is 0.695. The number of unbranched alkanes of at least 4 members (excludes halogenated alkanes) is 3. The minimum atomic E-state index is -0.464. The molecular formula is C19H26N2O. The van der Waals surface area contributed by atoms with Crippen molar-refractivity contribution in [3.05, 3.63) is 47.8 Å². The summed E-state index contributed by atoms with van der Waals surface area (Å²) in [6.45, 7) is 4.20. The van der Waals surface area contributed by atoms with Gasteiger partial charge in [-0.05, 0) is 30.4 Å². The normalized spacial score (nSPS) is 12.3. The fraction of sp³-hybridized carbons (Fsp3) is 0.474. The zero-order valence-corrected chi connectivity index (χ0v) is 13.6. The molecule has 3 nitrogen and oxygen atoms in total. The average molecular weight is 298 g/mol. The van der Waals surface area contributed by atoms with E-state index in [0.29, 0.717) is 12.2 Å². The van der Waals surface area contributed by atoms with Gasteiger partial charge in [0.25, 0.3) is 0 Å². The summed E-state index contributed by atoms with van der Waals surface area (Å²) < 4.78 is 0. The van der Waals surface area contributed by atoms with Crippen molar-refractivity contribution < 1.29 is 5.11 Å². The third-order valence-corrected chi connectivity index (χ3v) is 3.97. The van der Waals surface area contributed by atoms with Crippen molar-refractivity contribution in [2.45, 2.75) is 58.5 Å². The van der Waals surface area contributed by atoms with Gasteiger partial charge < -0.3 is 5.11 Å². The lowest BCUT2D eigenvalue weighted by atomic mass is 10.00. The Morgan fingerprint density at radius 1 is 1.00 bits per heavy atom. The number of benzene rings is 1. The first kappa shape index (κ1) is 16.6. The van der Waals surface area contributed by atoms with Crippen molar-refractivity contribution in [3.8, 4) is 11.4 Å². The molecule has 1 unspecified atom stereocenters. The summed E-state index contributed by atoms with van der Waals surface area (Å²) in [5, 5.41) is 10.1. The summed E-state index contributed by atoms with van der Waals surface area (Å²) in [4.78, 5) is 9.01. The van der Waals surface area contributed by atoms with E-state index < -0.39 is 6.10 Å². The lowest BCUT2D eigenvalue weighted by Gasteiger charge is -2.13. The molecule has 0 aliphatic rings. The van der Waals surface area contributed by atoms with Crippen molar-refractivity contribution in [2.24, 2.45) is 0 Å². The van der Waals surface area contributed by atoms with Crippen LogP contribution in [0.3, 0.4) is 0 Å². The van der Waals surface area contributed by atoms with E-state index in [9.17, 15) is 5.11 Å². The second-order valence-corrected chi connectivity index (χ2v) is 5.74. The molecule has 0 aliphatic carbocycles. The molecule has 0 radical (unpaired) electrons. The first-order chi connectivity index (χ1) is 10.8. The maximum Gasteiger partial charge on any atom is 0.159 e. The van der Waals surface area contributed by atoms with Crippen LogP contribution in [0.15, 0.2) is 36.7 Å². The van der Waals surface area contributed by atoms with E-state index in [2.05, 4.69) is 16.9 Å². The van der Waals surface area contributed by atoms with Crippen LogP contribution < -0.4 is 0 Å². The molecule has 1 N–H and O–H groups in total. The Kier molecular flexibility index (Phi) is 6.53. The quantitative estimate of drug-likeness (QED) is 0.718. The Bertz CT molecular complexity index is 566. The molecule has 118 valence electrons. The fourth-order valence-electron chi connectivity index (χ4n) is 2.59. The number of aliphatic hydroxyl groups is 1. The Morgan fingerprint density at radius 3 is 2.41 bits per heavy atom. The predicted molar refractivity (Wildman–Crippen MR) is 90.6 cm³/mol. The number of aryl methyl sites for hydroxylation is 1. The van der Waals surface area contributed by atoms with Crippen molar-refractivity contribution in [1.82, 2.24) is 9.97 Å². The van der Waals surface area contributed by atoms with Crippen LogP contribution >= 0.6 is 0 Å². The molecule has 0 fully saturated rings. The number of hydrogen-bond acceptors (Lipinski definition) is 3. The van der Waals surface area contributed by atoms with E-state index in [-0.39, 0.29) is 0 Å². The SMILES string of the molecule is CCCCCCc1cnc(-c2ccccc2C(O)CC)nc1. The Morgan fingerprint density at radius 2 is 1.73 bits per heavy atom. The van der Waals surface area contributed by atoms with Gasteiger partial charge in [-0.15, -0.1) is 0 Å². The Labute approximate surface area is 133 Å². The van der Waals surface area contributed by atoms with E-state index >= 15 is 0 Å². The summed E-state index contributed by atoms with van der Waals surface area (Å²) in [7, 11) is 0. The monoisotopic (exact) mass is 298 g/mol. The second kappa shape index (κ2) is 8.64. The van der Waals surface area contributed by atoms with Gasteiger partial charge in [0.15, 0.2) is 5.82 Å². The van der Waals surface area contributed by atoms with Crippen LogP contribution in [0.4, 0.5) is 0 Å². The summed E-state index contributed by atoms with van der Waals surface area (Å²) >= 11 is 0.